The molecule has 2 aromatic heterocycles. The number of hydrogen-bond acceptors (Lipinski definition) is 4. The SMILES string of the molecule is CN(C)CCn1ncc(Br)c1C(=O)c1cn(C)cn1. The summed E-state index contributed by atoms with van der Waals surface area (Å²) in [5, 5.41) is 4.23. The Kier molecular flexibility index (Phi) is 4.16. The van der Waals surface area contributed by atoms with Gasteiger partial charge in [0, 0.05) is 19.8 Å². The number of likely N-dealkylation sites (N-methyl/N-ethyl adjacent to an activating group) is 1. The lowest BCUT2D eigenvalue weighted by Gasteiger charge is -2.11. The lowest BCUT2D eigenvalue weighted by atomic mass is 10.2. The number of rotatable bonds is 5. The van der Waals surface area contributed by atoms with E-state index in [1.54, 1.807) is 28.0 Å². The summed E-state index contributed by atoms with van der Waals surface area (Å²) in [6, 6.07) is 0. The highest BCUT2D eigenvalue weighted by molar-refractivity contribution is 9.10. The first-order valence-electron chi connectivity index (χ1n) is 5.87. The Morgan fingerprint density at radius 1 is 1.47 bits per heavy atom. The highest BCUT2D eigenvalue weighted by atomic mass is 79.9. The van der Waals surface area contributed by atoms with E-state index in [-0.39, 0.29) is 5.78 Å². The minimum absolute atomic E-state index is 0.122. The zero-order chi connectivity index (χ0) is 14.0. The van der Waals surface area contributed by atoms with Crippen molar-refractivity contribution in [1.82, 2.24) is 24.2 Å². The van der Waals surface area contributed by atoms with Gasteiger partial charge in [0.25, 0.3) is 0 Å². The van der Waals surface area contributed by atoms with Crippen LogP contribution in [-0.2, 0) is 13.6 Å². The summed E-state index contributed by atoms with van der Waals surface area (Å²) in [7, 11) is 5.81. The molecule has 0 fully saturated rings. The van der Waals surface area contributed by atoms with Crippen molar-refractivity contribution < 1.29 is 4.79 Å². The number of imidazole rings is 1. The topological polar surface area (TPSA) is 56.0 Å². The molecule has 0 amide bonds. The van der Waals surface area contributed by atoms with E-state index < -0.39 is 0 Å². The number of aromatic nitrogens is 4. The van der Waals surface area contributed by atoms with Crippen molar-refractivity contribution in [2.75, 3.05) is 20.6 Å². The number of carbonyl (C=O) groups excluding carboxylic acids is 1. The monoisotopic (exact) mass is 325 g/mol. The summed E-state index contributed by atoms with van der Waals surface area (Å²) in [4.78, 5) is 18.6. The lowest BCUT2D eigenvalue weighted by Crippen LogP contribution is -2.22. The predicted octanol–water partition coefficient (Wildman–Crippen LogP) is 1.17. The molecule has 7 heteroatoms. The number of ketones is 1. The third-order valence-electron chi connectivity index (χ3n) is 2.71. The van der Waals surface area contributed by atoms with Crippen LogP contribution in [0.2, 0.25) is 0 Å². The predicted molar refractivity (Wildman–Crippen MR) is 75.1 cm³/mol. The van der Waals surface area contributed by atoms with E-state index >= 15 is 0 Å². The lowest BCUT2D eigenvalue weighted by molar-refractivity contribution is 0.102. The Morgan fingerprint density at radius 2 is 2.21 bits per heavy atom. The molecule has 0 atom stereocenters. The minimum atomic E-state index is -0.122. The first-order valence-corrected chi connectivity index (χ1v) is 6.67. The van der Waals surface area contributed by atoms with Gasteiger partial charge in [-0.15, -0.1) is 0 Å². The largest absolute Gasteiger partial charge is 0.340 e. The third kappa shape index (κ3) is 3.10. The second kappa shape index (κ2) is 5.66. The van der Waals surface area contributed by atoms with Crippen molar-refractivity contribution in [3.8, 4) is 0 Å². The van der Waals surface area contributed by atoms with Crippen molar-refractivity contribution in [3.63, 3.8) is 0 Å². The van der Waals surface area contributed by atoms with Gasteiger partial charge in [0.2, 0.25) is 5.78 Å². The Hall–Kier alpha value is -1.47. The Bertz CT molecular complexity index is 587. The highest BCUT2D eigenvalue weighted by Gasteiger charge is 2.20. The maximum atomic E-state index is 12.4. The van der Waals surface area contributed by atoms with Crippen molar-refractivity contribution in [3.05, 3.63) is 34.6 Å². The van der Waals surface area contributed by atoms with E-state index in [1.165, 1.54) is 0 Å². The van der Waals surface area contributed by atoms with E-state index in [0.717, 1.165) is 6.54 Å². The molecule has 0 aliphatic rings. The minimum Gasteiger partial charge on any atom is -0.340 e. The molecular formula is C12H16BrN5O. The van der Waals surface area contributed by atoms with Crippen molar-refractivity contribution in [2.24, 2.45) is 7.05 Å². The Balaban J connectivity index is 2.28. The van der Waals surface area contributed by atoms with Crippen molar-refractivity contribution in [2.45, 2.75) is 6.54 Å². The number of hydrogen-bond donors (Lipinski definition) is 0. The van der Waals surface area contributed by atoms with Crippen LogP contribution < -0.4 is 0 Å². The molecule has 0 bridgehead atoms. The first-order chi connectivity index (χ1) is 8.99. The number of nitrogens with zero attached hydrogens (tertiary/aromatic N) is 5. The summed E-state index contributed by atoms with van der Waals surface area (Å²) in [6.07, 6.45) is 4.96. The Labute approximate surface area is 120 Å². The average Bonchev–Trinajstić information content (AvgIpc) is 2.92. The molecular weight excluding hydrogens is 310 g/mol. The summed E-state index contributed by atoms with van der Waals surface area (Å²) in [5.74, 6) is -0.122. The van der Waals surface area contributed by atoms with E-state index in [1.807, 2.05) is 26.0 Å². The molecule has 2 heterocycles. The van der Waals surface area contributed by atoms with Gasteiger partial charge in [-0.2, -0.15) is 5.10 Å². The molecule has 0 aliphatic heterocycles. The summed E-state index contributed by atoms with van der Waals surface area (Å²) in [6.45, 7) is 1.48. The van der Waals surface area contributed by atoms with Crippen LogP contribution in [0.5, 0.6) is 0 Å². The average molecular weight is 326 g/mol. The van der Waals surface area contributed by atoms with Gasteiger partial charge in [-0.05, 0) is 30.0 Å². The van der Waals surface area contributed by atoms with Gasteiger partial charge in [-0.3, -0.25) is 9.48 Å². The number of halogens is 1. The van der Waals surface area contributed by atoms with Gasteiger partial charge >= 0.3 is 0 Å². The highest BCUT2D eigenvalue weighted by Crippen LogP contribution is 2.19. The van der Waals surface area contributed by atoms with Crippen molar-refractivity contribution >= 4 is 21.7 Å². The number of aryl methyl sites for hydroxylation is 1. The molecule has 0 radical (unpaired) electrons. The fourth-order valence-corrected chi connectivity index (χ4v) is 2.18. The molecule has 6 nitrogen and oxygen atoms in total. The molecule has 102 valence electrons. The third-order valence-corrected chi connectivity index (χ3v) is 3.29. The van der Waals surface area contributed by atoms with E-state index in [0.29, 0.717) is 22.4 Å². The van der Waals surface area contributed by atoms with Crippen LogP contribution in [0.1, 0.15) is 16.2 Å². The van der Waals surface area contributed by atoms with Gasteiger partial charge in [0.05, 0.1) is 23.5 Å². The normalized spacial score (nSPS) is 11.2. The smallest absolute Gasteiger partial charge is 0.232 e. The second-order valence-corrected chi connectivity index (χ2v) is 5.48. The zero-order valence-corrected chi connectivity index (χ0v) is 12.8. The first kappa shape index (κ1) is 14.0. The fourth-order valence-electron chi connectivity index (χ4n) is 1.70. The van der Waals surface area contributed by atoms with Crippen LogP contribution in [0, 0.1) is 0 Å². The van der Waals surface area contributed by atoms with Crippen LogP contribution in [0.25, 0.3) is 0 Å². The van der Waals surface area contributed by atoms with Crippen molar-refractivity contribution in [1.29, 1.82) is 0 Å². The second-order valence-electron chi connectivity index (χ2n) is 4.62. The summed E-state index contributed by atoms with van der Waals surface area (Å²) < 4.78 is 4.16. The standard InChI is InChI=1S/C12H16BrN5O/c1-16(2)4-5-18-11(9(13)6-15-18)12(19)10-7-17(3)8-14-10/h6-8H,4-5H2,1-3H3. The molecule has 19 heavy (non-hydrogen) atoms. The van der Waals surface area contributed by atoms with Gasteiger partial charge in [0.1, 0.15) is 11.4 Å². The molecule has 0 saturated carbocycles. The molecule has 0 N–H and O–H groups in total. The Morgan fingerprint density at radius 3 is 2.79 bits per heavy atom. The molecule has 0 aliphatic carbocycles. The zero-order valence-electron chi connectivity index (χ0n) is 11.2. The molecule has 0 saturated heterocycles. The summed E-state index contributed by atoms with van der Waals surface area (Å²) >= 11 is 3.38. The molecule has 2 rings (SSSR count). The van der Waals surface area contributed by atoms with Crippen LogP contribution in [-0.4, -0.2) is 50.7 Å². The maximum Gasteiger partial charge on any atom is 0.232 e. The van der Waals surface area contributed by atoms with E-state index in [4.69, 9.17) is 0 Å². The van der Waals surface area contributed by atoms with Gasteiger partial charge in [-0.1, -0.05) is 0 Å². The van der Waals surface area contributed by atoms with Gasteiger partial charge in [0.15, 0.2) is 0 Å². The summed E-state index contributed by atoms with van der Waals surface area (Å²) in [5.41, 5.74) is 0.968. The van der Waals surface area contributed by atoms with Crippen LogP contribution in [0.15, 0.2) is 23.2 Å². The van der Waals surface area contributed by atoms with Gasteiger partial charge in [-0.25, -0.2) is 4.98 Å². The van der Waals surface area contributed by atoms with E-state index in [9.17, 15) is 4.79 Å². The molecule has 0 spiro atoms. The maximum absolute atomic E-state index is 12.4. The van der Waals surface area contributed by atoms with Crippen LogP contribution in [0.3, 0.4) is 0 Å². The quantitative estimate of drug-likeness (QED) is 0.774. The van der Waals surface area contributed by atoms with Crippen LogP contribution >= 0.6 is 15.9 Å². The van der Waals surface area contributed by atoms with E-state index in [2.05, 4.69) is 26.0 Å². The van der Waals surface area contributed by atoms with Crippen LogP contribution in [0.4, 0.5) is 0 Å². The van der Waals surface area contributed by atoms with Gasteiger partial charge < -0.3 is 9.47 Å². The molecule has 0 aromatic carbocycles. The fraction of sp³-hybridized carbons (Fsp3) is 0.417. The molecule has 2 aromatic rings. The molecule has 0 unspecified atom stereocenters. The number of carbonyl (C=O) groups is 1.